The molecule has 7 heteroatoms. The van der Waals surface area contributed by atoms with Crippen molar-refractivity contribution in [1.82, 2.24) is 19.7 Å². The van der Waals surface area contributed by atoms with E-state index in [0.29, 0.717) is 5.69 Å². The molecule has 2 aromatic heterocycles. The van der Waals surface area contributed by atoms with E-state index in [0.717, 1.165) is 45.9 Å². The Hall–Kier alpha value is -2.41. The first-order valence-corrected chi connectivity index (χ1v) is 10.0. The molecule has 0 spiro atoms. The number of H-pyrrole nitrogens is 1. The highest BCUT2D eigenvalue weighted by atomic mass is 79.9. The fourth-order valence-electron chi connectivity index (χ4n) is 3.34. The molecule has 1 amide bonds. The lowest BCUT2D eigenvalue weighted by molar-refractivity contribution is 0.102. The molecule has 6 nitrogen and oxygen atoms in total. The number of aromatic nitrogens is 4. The summed E-state index contributed by atoms with van der Waals surface area (Å²) in [6, 6.07) is 7.77. The molecule has 4 rings (SSSR count). The van der Waals surface area contributed by atoms with Crippen LogP contribution in [0.2, 0.25) is 0 Å². The number of anilines is 1. The summed E-state index contributed by atoms with van der Waals surface area (Å²) in [5.41, 5.74) is 4.05. The van der Waals surface area contributed by atoms with Crippen LogP contribution < -0.4 is 5.32 Å². The van der Waals surface area contributed by atoms with Crippen LogP contribution in [0.1, 0.15) is 54.6 Å². The minimum Gasteiger partial charge on any atom is -0.334 e. The van der Waals surface area contributed by atoms with Crippen molar-refractivity contribution in [2.45, 2.75) is 45.6 Å². The van der Waals surface area contributed by atoms with Gasteiger partial charge in [0.15, 0.2) is 5.69 Å². The fourth-order valence-corrected chi connectivity index (χ4v) is 4.16. The molecule has 1 aromatic carbocycles. The van der Waals surface area contributed by atoms with Crippen molar-refractivity contribution in [3.63, 3.8) is 0 Å². The number of nitrogens with zero attached hydrogens (tertiary/aromatic N) is 3. The maximum atomic E-state index is 12.5. The predicted molar refractivity (Wildman–Crippen MR) is 109 cm³/mol. The number of aromatic amines is 1. The number of carbonyl (C=O) groups excluding carboxylic acids is 1. The van der Waals surface area contributed by atoms with E-state index in [1.54, 1.807) is 0 Å². The molecule has 3 aromatic rings. The van der Waals surface area contributed by atoms with Gasteiger partial charge in [0.2, 0.25) is 0 Å². The van der Waals surface area contributed by atoms with Crippen molar-refractivity contribution >= 4 is 27.5 Å². The largest absolute Gasteiger partial charge is 0.334 e. The van der Waals surface area contributed by atoms with Gasteiger partial charge in [-0.25, -0.2) is 4.98 Å². The second-order valence-corrected chi connectivity index (χ2v) is 7.97. The van der Waals surface area contributed by atoms with Crippen molar-refractivity contribution in [2.24, 2.45) is 0 Å². The molecule has 1 aliphatic rings. The van der Waals surface area contributed by atoms with E-state index >= 15 is 0 Å². The lowest BCUT2D eigenvalue weighted by atomic mass is 10.1. The molecule has 140 valence electrons. The zero-order valence-electron chi connectivity index (χ0n) is 15.4. The Bertz CT molecular complexity index is 947. The number of hydrogen-bond donors (Lipinski definition) is 2. The Labute approximate surface area is 166 Å². The number of benzene rings is 1. The minimum absolute atomic E-state index is 0.241. The first-order chi connectivity index (χ1) is 13.0. The second kappa shape index (κ2) is 7.31. The van der Waals surface area contributed by atoms with Crippen molar-refractivity contribution in [1.29, 1.82) is 0 Å². The predicted octanol–water partition coefficient (Wildman–Crippen LogP) is 4.75. The number of halogens is 1. The van der Waals surface area contributed by atoms with Crippen LogP contribution in [0, 0.1) is 0 Å². The van der Waals surface area contributed by atoms with Gasteiger partial charge in [-0.05, 0) is 46.8 Å². The summed E-state index contributed by atoms with van der Waals surface area (Å²) in [5.74, 6) is 1.18. The SMILES string of the molecule is CC(C)c1[nH]nc(C(=O)Nc2ccc(-c3cn4c(n3)CCCC4)cc2)c1Br. The van der Waals surface area contributed by atoms with E-state index in [1.165, 1.54) is 12.8 Å². The van der Waals surface area contributed by atoms with Crippen LogP contribution in [-0.4, -0.2) is 25.7 Å². The molecule has 0 saturated carbocycles. The van der Waals surface area contributed by atoms with Gasteiger partial charge in [-0.15, -0.1) is 0 Å². The number of carbonyl (C=O) groups is 1. The van der Waals surface area contributed by atoms with Gasteiger partial charge in [0.1, 0.15) is 5.82 Å². The van der Waals surface area contributed by atoms with Gasteiger partial charge in [0.05, 0.1) is 15.9 Å². The van der Waals surface area contributed by atoms with E-state index in [-0.39, 0.29) is 11.8 Å². The first kappa shape index (κ1) is 18.0. The molecule has 3 heterocycles. The highest BCUT2D eigenvalue weighted by Crippen LogP contribution is 2.27. The molecule has 0 atom stereocenters. The lowest BCUT2D eigenvalue weighted by Crippen LogP contribution is -2.13. The number of imidazole rings is 1. The number of amides is 1. The van der Waals surface area contributed by atoms with Gasteiger partial charge in [-0.2, -0.15) is 5.10 Å². The molecular formula is C20H22BrN5O. The molecule has 0 bridgehead atoms. The molecule has 27 heavy (non-hydrogen) atoms. The molecule has 0 saturated heterocycles. The number of nitrogens with one attached hydrogen (secondary N) is 2. The molecular weight excluding hydrogens is 406 g/mol. The standard InChI is InChI=1S/C20H22BrN5O/c1-12(2)18-17(21)19(25-24-18)20(27)22-14-8-6-13(7-9-14)15-11-26-10-4-3-5-16(26)23-15/h6-9,11-12H,3-5,10H2,1-2H3,(H,22,27)(H,24,25). The van der Waals surface area contributed by atoms with Crippen LogP contribution in [0.4, 0.5) is 5.69 Å². The number of rotatable bonds is 4. The monoisotopic (exact) mass is 427 g/mol. The molecule has 1 aliphatic heterocycles. The van der Waals surface area contributed by atoms with Gasteiger partial charge in [-0.3, -0.25) is 9.89 Å². The molecule has 0 aliphatic carbocycles. The van der Waals surface area contributed by atoms with Crippen molar-refractivity contribution in [3.05, 3.63) is 52.1 Å². The smallest absolute Gasteiger partial charge is 0.277 e. The number of aryl methyl sites for hydroxylation is 2. The lowest BCUT2D eigenvalue weighted by Gasteiger charge is -2.11. The van der Waals surface area contributed by atoms with E-state index in [2.05, 4.69) is 42.2 Å². The van der Waals surface area contributed by atoms with Crippen molar-refractivity contribution in [3.8, 4) is 11.3 Å². The summed E-state index contributed by atoms with van der Waals surface area (Å²) >= 11 is 3.47. The Morgan fingerprint density at radius 2 is 2.04 bits per heavy atom. The first-order valence-electron chi connectivity index (χ1n) is 9.24. The second-order valence-electron chi connectivity index (χ2n) is 7.18. The highest BCUT2D eigenvalue weighted by molar-refractivity contribution is 9.10. The molecule has 0 radical (unpaired) electrons. The van der Waals surface area contributed by atoms with Crippen LogP contribution >= 0.6 is 15.9 Å². The minimum atomic E-state index is -0.241. The van der Waals surface area contributed by atoms with Crippen LogP contribution in [-0.2, 0) is 13.0 Å². The van der Waals surface area contributed by atoms with Gasteiger partial charge in [0.25, 0.3) is 5.91 Å². The van der Waals surface area contributed by atoms with Crippen LogP contribution in [0.15, 0.2) is 34.9 Å². The van der Waals surface area contributed by atoms with Gasteiger partial charge in [0, 0.05) is 30.4 Å². The Morgan fingerprint density at radius 3 is 2.70 bits per heavy atom. The number of fused-ring (bicyclic) bond motifs is 1. The molecule has 0 unspecified atom stereocenters. The molecule has 0 fully saturated rings. The van der Waals surface area contributed by atoms with E-state index in [9.17, 15) is 4.79 Å². The third kappa shape index (κ3) is 3.56. The maximum Gasteiger partial charge on any atom is 0.277 e. The Morgan fingerprint density at radius 1 is 1.26 bits per heavy atom. The zero-order valence-corrected chi connectivity index (χ0v) is 17.0. The summed E-state index contributed by atoms with van der Waals surface area (Å²) in [6.45, 7) is 5.15. The zero-order chi connectivity index (χ0) is 19.0. The summed E-state index contributed by atoms with van der Waals surface area (Å²) < 4.78 is 2.96. The summed E-state index contributed by atoms with van der Waals surface area (Å²) in [5, 5.41) is 9.97. The normalized spacial score (nSPS) is 13.6. The maximum absolute atomic E-state index is 12.5. The van der Waals surface area contributed by atoms with Crippen molar-refractivity contribution < 1.29 is 4.79 Å². The van der Waals surface area contributed by atoms with Gasteiger partial charge < -0.3 is 9.88 Å². The quantitative estimate of drug-likeness (QED) is 0.630. The van der Waals surface area contributed by atoms with Crippen LogP contribution in [0.3, 0.4) is 0 Å². The van der Waals surface area contributed by atoms with Crippen LogP contribution in [0.25, 0.3) is 11.3 Å². The highest BCUT2D eigenvalue weighted by Gasteiger charge is 2.19. The fraction of sp³-hybridized carbons (Fsp3) is 0.350. The summed E-state index contributed by atoms with van der Waals surface area (Å²) in [7, 11) is 0. The van der Waals surface area contributed by atoms with Gasteiger partial charge in [-0.1, -0.05) is 26.0 Å². The Kier molecular flexibility index (Phi) is 4.86. The Balaban J connectivity index is 1.49. The van der Waals surface area contributed by atoms with E-state index < -0.39 is 0 Å². The average Bonchev–Trinajstić information content (AvgIpc) is 3.25. The third-order valence-corrected chi connectivity index (χ3v) is 5.67. The topological polar surface area (TPSA) is 75.6 Å². The summed E-state index contributed by atoms with van der Waals surface area (Å²) in [4.78, 5) is 17.3. The van der Waals surface area contributed by atoms with Gasteiger partial charge >= 0.3 is 0 Å². The summed E-state index contributed by atoms with van der Waals surface area (Å²) in [6.07, 6.45) is 5.60. The molecule has 2 N–H and O–H groups in total. The number of hydrogen-bond acceptors (Lipinski definition) is 3. The van der Waals surface area contributed by atoms with E-state index in [1.807, 2.05) is 38.1 Å². The average molecular weight is 428 g/mol. The van der Waals surface area contributed by atoms with Crippen molar-refractivity contribution in [2.75, 3.05) is 5.32 Å². The third-order valence-electron chi connectivity index (χ3n) is 4.87. The van der Waals surface area contributed by atoms with Crippen LogP contribution in [0.5, 0.6) is 0 Å². The van der Waals surface area contributed by atoms with E-state index in [4.69, 9.17) is 4.98 Å².